The topological polar surface area (TPSA) is 188 Å². The van der Waals surface area contributed by atoms with Crippen LogP contribution in [-0.4, -0.2) is 106 Å². The monoisotopic (exact) mass is 633 g/mol. The Labute approximate surface area is 266 Å². The molecule has 0 aromatic heterocycles. The number of rotatable bonds is 6. The largest absolute Gasteiger partial charge is 0.507 e. The first-order valence-electron chi connectivity index (χ1n) is 15.5. The summed E-state index contributed by atoms with van der Waals surface area (Å²) in [5.74, 6) is -13.2. The molecule has 3 aliphatic carbocycles. The summed E-state index contributed by atoms with van der Waals surface area (Å²) in [4.78, 5) is 71.6. The number of hydrogen-bond acceptors (Lipinski definition) is 11. The molecule has 12 nitrogen and oxygen atoms in total. The lowest BCUT2D eigenvalue weighted by Crippen LogP contribution is -2.77. The van der Waals surface area contributed by atoms with Crippen molar-refractivity contribution in [2.24, 2.45) is 29.4 Å². The molecule has 46 heavy (non-hydrogen) atoms. The number of ketones is 4. The SMILES string of the molecule is COc1ccc(CN2CCCC2)cc1-c1ccc(O)c2c1C(C)C1C(C2=O)C(=O)C2(O)C(=O)C(C(N)=O)C(=O)C(N(C)C)C2C1O. The second-order valence-corrected chi connectivity index (χ2v) is 13.3. The van der Waals surface area contributed by atoms with Crippen molar-refractivity contribution in [2.45, 2.75) is 50.0 Å². The van der Waals surface area contributed by atoms with Gasteiger partial charge in [-0.2, -0.15) is 0 Å². The quantitative estimate of drug-likeness (QED) is 0.328. The standard InChI is InChI=1S/C34H39N3O9/c1-15-21-17(18-13-16(7-10-20(18)46-4)14-37-11-5-6-12-37)8-9-19(38)23(21)28(39)24-22(15)29(40)26-27(36(2)3)30(41)25(33(35)44)32(43)34(26,45)31(24)42/h7-10,13,15,22,24-27,29,38,40,45H,5-6,11-12,14H2,1-4H3,(H2,35,44). The van der Waals surface area contributed by atoms with Gasteiger partial charge in [-0.1, -0.05) is 19.1 Å². The number of carbonyl (C=O) groups is 5. The fourth-order valence-corrected chi connectivity index (χ4v) is 8.57. The van der Waals surface area contributed by atoms with Crippen LogP contribution in [0.25, 0.3) is 11.1 Å². The number of nitrogens with zero attached hydrogens (tertiary/aromatic N) is 2. The van der Waals surface area contributed by atoms with Crippen molar-refractivity contribution in [3.63, 3.8) is 0 Å². The highest BCUT2D eigenvalue weighted by Crippen LogP contribution is 2.56. The van der Waals surface area contributed by atoms with Crippen LogP contribution >= 0.6 is 0 Å². The number of benzene rings is 2. The lowest BCUT2D eigenvalue weighted by Gasteiger charge is -2.56. The van der Waals surface area contributed by atoms with Crippen LogP contribution in [0, 0.1) is 23.7 Å². The summed E-state index contributed by atoms with van der Waals surface area (Å²) < 4.78 is 5.71. The number of ether oxygens (including phenoxy) is 1. The van der Waals surface area contributed by atoms with Crippen LogP contribution in [-0.2, 0) is 25.7 Å². The maximum absolute atomic E-state index is 14.3. The van der Waals surface area contributed by atoms with Crippen LogP contribution in [0.2, 0.25) is 0 Å². The number of Topliss-reactive ketones (excluding diaryl/α,β-unsaturated/α-hetero) is 4. The van der Waals surface area contributed by atoms with Crippen molar-refractivity contribution in [3.8, 4) is 22.6 Å². The molecule has 0 bridgehead atoms. The number of primary amides is 1. The van der Waals surface area contributed by atoms with Crippen molar-refractivity contribution in [2.75, 3.05) is 34.3 Å². The molecule has 2 aromatic rings. The van der Waals surface area contributed by atoms with Gasteiger partial charge < -0.3 is 25.8 Å². The minimum absolute atomic E-state index is 0.157. The van der Waals surface area contributed by atoms with Gasteiger partial charge in [-0.3, -0.25) is 33.8 Å². The van der Waals surface area contributed by atoms with Crippen molar-refractivity contribution < 1.29 is 44.0 Å². The van der Waals surface area contributed by atoms with Gasteiger partial charge in [0.1, 0.15) is 11.5 Å². The van der Waals surface area contributed by atoms with E-state index in [-0.39, 0.29) is 5.56 Å². The van der Waals surface area contributed by atoms with Gasteiger partial charge in [-0.15, -0.1) is 0 Å². The first-order valence-corrected chi connectivity index (χ1v) is 15.5. The number of nitrogens with two attached hydrogens (primary N) is 1. The average molecular weight is 634 g/mol. The number of aromatic hydroxyl groups is 1. The Morgan fingerprint density at radius 2 is 1.74 bits per heavy atom. The number of phenolic OH excluding ortho intramolecular Hbond substituents is 1. The van der Waals surface area contributed by atoms with E-state index < -0.39 is 82.1 Å². The van der Waals surface area contributed by atoms with Crippen LogP contribution < -0.4 is 10.5 Å². The fourth-order valence-electron chi connectivity index (χ4n) is 8.57. The Morgan fingerprint density at radius 1 is 1.07 bits per heavy atom. The van der Waals surface area contributed by atoms with Crippen molar-refractivity contribution in [1.29, 1.82) is 0 Å². The van der Waals surface area contributed by atoms with Gasteiger partial charge in [-0.05, 0) is 80.8 Å². The first-order chi connectivity index (χ1) is 21.7. The number of likely N-dealkylation sites (tertiary alicyclic amines) is 1. The van der Waals surface area contributed by atoms with Crippen molar-refractivity contribution in [1.82, 2.24) is 9.80 Å². The van der Waals surface area contributed by atoms with E-state index in [9.17, 15) is 39.3 Å². The van der Waals surface area contributed by atoms with Gasteiger partial charge >= 0.3 is 0 Å². The molecule has 0 radical (unpaired) electrons. The number of fused-ring (bicyclic) bond motifs is 3. The van der Waals surface area contributed by atoms with Gasteiger partial charge in [0.15, 0.2) is 34.7 Å². The zero-order valence-corrected chi connectivity index (χ0v) is 26.2. The summed E-state index contributed by atoms with van der Waals surface area (Å²) in [6.07, 6.45) is 0.540. The molecule has 3 fully saturated rings. The number of phenols is 1. The molecular weight excluding hydrogens is 594 g/mol. The van der Waals surface area contributed by atoms with Crippen LogP contribution in [0.15, 0.2) is 30.3 Å². The summed E-state index contributed by atoms with van der Waals surface area (Å²) in [5, 5.41) is 35.0. The van der Waals surface area contributed by atoms with E-state index in [1.165, 1.54) is 32.2 Å². The molecule has 1 aliphatic heterocycles. The van der Waals surface area contributed by atoms with Crippen molar-refractivity contribution >= 4 is 29.0 Å². The second kappa shape index (κ2) is 11.4. The molecule has 1 heterocycles. The van der Waals surface area contributed by atoms with Crippen molar-refractivity contribution in [3.05, 3.63) is 47.0 Å². The smallest absolute Gasteiger partial charge is 0.235 e. The molecule has 6 rings (SSSR count). The van der Waals surface area contributed by atoms with Gasteiger partial charge in [0.05, 0.1) is 36.7 Å². The van der Waals surface area contributed by atoms with E-state index in [1.54, 1.807) is 13.0 Å². The molecule has 8 unspecified atom stereocenters. The number of hydrogen-bond donors (Lipinski definition) is 4. The summed E-state index contributed by atoms with van der Waals surface area (Å²) in [5.41, 5.74) is 4.79. The molecule has 1 amide bonds. The van der Waals surface area contributed by atoms with Crippen LogP contribution in [0.4, 0.5) is 0 Å². The minimum Gasteiger partial charge on any atom is -0.507 e. The molecule has 2 saturated carbocycles. The number of methoxy groups -OCH3 is 1. The Hall–Kier alpha value is -3.97. The molecule has 12 heteroatoms. The Bertz CT molecular complexity index is 1670. The van der Waals surface area contributed by atoms with E-state index >= 15 is 0 Å². The molecule has 2 aromatic carbocycles. The second-order valence-electron chi connectivity index (χ2n) is 13.3. The fraction of sp³-hybridized carbons (Fsp3) is 0.500. The third-order valence-electron chi connectivity index (χ3n) is 10.6. The number of aliphatic hydroxyl groups is 2. The first kappa shape index (κ1) is 32.0. The van der Waals surface area contributed by atoms with Gasteiger partial charge in [0, 0.05) is 18.0 Å². The van der Waals surface area contributed by atoms with Crippen LogP contribution in [0.1, 0.15) is 47.2 Å². The number of carbonyl (C=O) groups excluding carboxylic acids is 5. The average Bonchev–Trinajstić information content (AvgIpc) is 3.51. The predicted molar refractivity (Wildman–Crippen MR) is 164 cm³/mol. The third kappa shape index (κ3) is 4.45. The highest BCUT2D eigenvalue weighted by atomic mass is 16.5. The zero-order chi connectivity index (χ0) is 33.4. The third-order valence-corrected chi connectivity index (χ3v) is 10.6. The van der Waals surface area contributed by atoms with E-state index in [0.29, 0.717) is 29.0 Å². The molecular formula is C34H39N3O9. The lowest BCUT2D eigenvalue weighted by molar-refractivity contribution is -0.196. The number of aliphatic hydroxyl groups excluding tert-OH is 1. The van der Waals surface area contributed by atoms with E-state index in [0.717, 1.165) is 31.5 Å². The van der Waals surface area contributed by atoms with E-state index in [2.05, 4.69) is 4.90 Å². The number of amides is 1. The summed E-state index contributed by atoms with van der Waals surface area (Å²) in [7, 11) is 4.45. The van der Waals surface area contributed by atoms with Gasteiger partial charge in [0.2, 0.25) is 5.91 Å². The predicted octanol–water partition coefficient (Wildman–Crippen LogP) is 0.670. The zero-order valence-electron chi connectivity index (χ0n) is 26.2. The number of likely N-dealkylation sites (N-methyl/N-ethyl adjacent to an activating group) is 1. The Kier molecular flexibility index (Phi) is 7.91. The summed E-state index contributed by atoms with van der Waals surface area (Å²) in [6, 6.07) is 7.36. The highest BCUT2D eigenvalue weighted by molar-refractivity contribution is 6.32. The van der Waals surface area contributed by atoms with Crippen LogP contribution in [0.3, 0.4) is 0 Å². The van der Waals surface area contributed by atoms with E-state index in [1.807, 2.05) is 18.2 Å². The molecule has 0 spiro atoms. The molecule has 244 valence electrons. The Morgan fingerprint density at radius 3 is 2.35 bits per heavy atom. The highest BCUT2D eigenvalue weighted by Gasteiger charge is 2.73. The van der Waals surface area contributed by atoms with Gasteiger partial charge in [0.25, 0.3) is 0 Å². The van der Waals surface area contributed by atoms with Crippen LogP contribution in [0.5, 0.6) is 11.5 Å². The molecule has 4 aliphatic rings. The maximum Gasteiger partial charge on any atom is 0.235 e. The normalized spacial score (nSPS) is 32.7. The summed E-state index contributed by atoms with van der Waals surface area (Å²) in [6.45, 7) is 4.40. The Balaban J connectivity index is 1.52. The minimum atomic E-state index is -3.05. The molecule has 5 N–H and O–H groups in total. The summed E-state index contributed by atoms with van der Waals surface area (Å²) >= 11 is 0. The maximum atomic E-state index is 14.3. The lowest BCUT2D eigenvalue weighted by atomic mass is 9.49. The van der Waals surface area contributed by atoms with Gasteiger partial charge in [-0.25, -0.2) is 0 Å². The molecule has 8 atom stereocenters. The molecule has 1 saturated heterocycles. The van der Waals surface area contributed by atoms with E-state index in [4.69, 9.17) is 10.5 Å².